The van der Waals surface area contributed by atoms with Crippen LogP contribution in [0.3, 0.4) is 0 Å². The Bertz CT molecular complexity index is 1020. The van der Waals surface area contributed by atoms with Gasteiger partial charge in [-0.2, -0.15) is 4.98 Å². The van der Waals surface area contributed by atoms with E-state index in [2.05, 4.69) is 24.8 Å². The summed E-state index contributed by atoms with van der Waals surface area (Å²) >= 11 is 0. The summed E-state index contributed by atoms with van der Waals surface area (Å²) in [5.74, 6) is 0.751. The van der Waals surface area contributed by atoms with Crippen LogP contribution in [-0.4, -0.2) is 46.1 Å². The number of aromatic nitrogens is 4. The number of hydrogen-bond acceptors (Lipinski definition) is 7. The van der Waals surface area contributed by atoms with E-state index < -0.39 is 0 Å². The first-order chi connectivity index (χ1) is 13.4. The molecule has 4 aromatic rings. The highest BCUT2D eigenvalue weighted by Crippen LogP contribution is 2.24. The molecule has 0 amide bonds. The minimum absolute atomic E-state index is 0.683. The van der Waals surface area contributed by atoms with Crippen molar-refractivity contribution in [1.82, 2.24) is 19.9 Å². The van der Waals surface area contributed by atoms with Gasteiger partial charge >= 0.3 is 0 Å². The SMILES string of the molecule is c1ccc2oc(N3CCN(c4nccc(-c5ccncc5)n4)CC3)nc2c1. The third-order valence-electron chi connectivity index (χ3n) is 4.73. The molecule has 3 aromatic heterocycles. The Morgan fingerprint density at radius 3 is 2.37 bits per heavy atom. The maximum atomic E-state index is 5.88. The zero-order chi connectivity index (χ0) is 18.1. The fourth-order valence-electron chi connectivity index (χ4n) is 3.28. The monoisotopic (exact) mass is 358 g/mol. The standard InChI is InChI=1S/C20H18N6O/c1-2-4-18-17(3-1)24-20(27-18)26-13-11-25(12-14-26)19-22-10-7-16(23-19)15-5-8-21-9-6-15/h1-10H,11-14H2. The molecule has 0 bridgehead atoms. The highest BCUT2D eigenvalue weighted by atomic mass is 16.4. The molecule has 134 valence electrons. The lowest BCUT2D eigenvalue weighted by Gasteiger charge is -2.33. The van der Waals surface area contributed by atoms with Gasteiger partial charge in [0.25, 0.3) is 6.01 Å². The Morgan fingerprint density at radius 1 is 0.778 bits per heavy atom. The molecule has 0 saturated carbocycles. The Kier molecular flexibility index (Phi) is 3.90. The van der Waals surface area contributed by atoms with Crippen LogP contribution in [0.2, 0.25) is 0 Å². The molecule has 0 aliphatic carbocycles. The van der Waals surface area contributed by atoms with E-state index in [0.29, 0.717) is 6.01 Å². The summed E-state index contributed by atoms with van der Waals surface area (Å²) in [6.07, 6.45) is 5.36. The Labute approximate surface area is 156 Å². The van der Waals surface area contributed by atoms with Crippen LogP contribution >= 0.6 is 0 Å². The molecule has 1 aliphatic rings. The largest absolute Gasteiger partial charge is 0.423 e. The minimum Gasteiger partial charge on any atom is -0.423 e. The van der Waals surface area contributed by atoms with E-state index in [4.69, 9.17) is 9.40 Å². The number of anilines is 2. The van der Waals surface area contributed by atoms with E-state index in [-0.39, 0.29) is 0 Å². The number of oxazole rings is 1. The van der Waals surface area contributed by atoms with Crippen LogP contribution < -0.4 is 9.80 Å². The van der Waals surface area contributed by atoms with Crippen LogP contribution in [0, 0.1) is 0 Å². The van der Waals surface area contributed by atoms with Gasteiger partial charge in [0.2, 0.25) is 5.95 Å². The molecule has 7 heteroatoms. The smallest absolute Gasteiger partial charge is 0.298 e. The Balaban J connectivity index is 1.32. The molecule has 27 heavy (non-hydrogen) atoms. The lowest BCUT2D eigenvalue weighted by molar-refractivity contribution is 0.539. The number of hydrogen-bond donors (Lipinski definition) is 0. The molecular weight excluding hydrogens is 340 g/mol. The van der Waals surface area contributed by atoms with Crippen molar-refractivity contribution in [3.05, 3.63) is 61.1 Å². The number of pyridine rings is 1. The van der Waals surface area contributed by atoms with Gasteiger partial charge in [0, 0.05) is 50.3 Å². The first-order valence-corrected chi connectivity index (χ1v) is 8.96. The second-order valence-corrected chi connectivity index (χ2v) is 6.42. The van der Waals surface area contributed by atoms with Crippen LogP contribution in [0.5, 0.6) is 0 Å². The molecular formula is C20H18N6O. The molecule has 0 N–H and O–H groups in total. The highest BCUT2D eigenvalue weighted by molar-refractivity contribution is 5.74. The van der Waals surface area contributed by atoms with Gasteiger partial charge < -0.3 is 14.2 Å². The maximum absolute atomic E-state index is 5.88. The number of benzene rings is 1. The molecule has 0 atom stereocenters. The lowest BCUT2D eigenvalue weighted by atomic mass is 10.2. The van der Waals surface area contributed by atoms with Gasteiger partial charge in [-0.05, 0) is 30.3 Å². The quantitative estimate of drug-likeness (QED) is 0.557. The van der Waals surface area contributed by atoms with Gasteiger partial charge in [0.1, 0.15) is 5.52 Å². The molecule has 7 nitrogen and oxygen atoms in total. The molecule has 1 aliphatic heterocycles. The summed E-state index contributed by atoms with van der Waals surface area (Å²) in [6, 6.07) is 14.4. The molecule has 0 radical (unpaired) electrons. The van der Waals surface area contributed by atoms with Crippen LogP contribution in [0.15, 0.2) is 65.5 Å². The maximum Gasteiger partial charge on any atom is 0.298 e. The van der Waals surface area contributed by atoms with Crippen LogP contribution in [-0.2, 0) is 0 Å². The zero-order valence-electron chi connectivity index (χ0n) is 14.7. The van der Waals surface area contributed by atoms with Crippen molar-refractivity contribution >= 4 is 23.1 Å². The molecule has 1 aromatic carbocycles. The summed E-state index contributed by atoms with van der Waals surface area (Å²) < 4.78 is 5.88. The van der Waals surface area contributed by atoms with Crippen molar-refractivity contribution in [2.45, 2.75) is 0 Å². The first kappa shape index (κ1) is 15.7. The lowest BCUT2D eigenvalue weighted by Crippen LogP contribution is -2.47. The number of rotatable bonds is 3. The molecule has 1 saturated heterocycles. The average molecular weight is 358 g/mol. The van der Waals surface area contributed by atoms with E-state index in [1.807, 2.05) is 48.7 Å². The van der Waals surface area contributed by atoms with Gasteiger partial charge in [-0.1, -0.05) is 12.1 Å². The van der Waals surface area contributed by atoms with Gasteiger partial charge in [-0.25, -0.2) is 9.97 Å². The number of fused-ring (bicyclic) bond motifs is 1. The summed E-state index contributed by atoms with van der Waals surface area (Å²) in [6.45, 7) is 3.27. The predicted octanol–water partition coefficient (Wildman–Crippen LogP) is 3.01. The van der Waals surface area contributed by atoms with E-state index in [9.17, 15) is 0 Å². The van der Waals surface area contributed by atoms with Gasteiger partial charge in [0.15, 0.2) is 5.58 Å². The predicted molar refractivity (Wildman–Crippen MR) is 104 cm³/mol. The Morgan fingerprint density at radius 2 is 1.56 bits per heavy atom. The molecule has 0 unspecified atom stereocenters. The molecule has 1 fully saturated rings. The first-order valence-electron chi connectivity index (χ1n) is 8.96. The Hall–Kier alpha value is -3.48. The van der Waals surface area contributed by atoms with Gasteiger partial charge in [-0.15, -0.1) is 0 Å². The molecule has 4 heterocycles. The molecule has 5 rings (SSSR count). The minimum atomic E-state index is 0.683. The van der Waals surface area contributed by atoms with Crippen molar-refractivity contribution in [3.8, 4) is 11.3 Å². The van der Waals surface area contributed by atoms with Crippen molar-refractivity contribution < 1.29 is 4.42 Å². The summed E-state index contributed by atoms with van der Waals surface area (Å²) in [7, 11) is 0. The molecule has 0 spiro atoms. The fraction of sp³-hybridized carbons (Fsp3) is 0.200. The van der Waals surface area contributed by atoms with E-state index >= 15 is 0 Å². The number of nitrogens with zero attached hydrogens (tertiary/aromatic N) is 6. The summed E-state index contributed by atoms with van der Waals surface area (Å²) in [5, 5.41) is 0. The van der Waals surface area contributed by atoms with Crippen LogP contribution in [0.1, 0.15) is 0 Å². The number of para-hydroxylation sites is 2. The topological polar surface area (TPSA) is 71.2 Å². The van der Waals surface area contributed by atoms with Gasteiger partial charge in [0.05, 0.1) is 5.69 Å². The van der Waals surface area contributed by atoms with Crippen molar-refractivity contribution in [1.29, 1.82) is 0 Å². The van der Waals surface area contributed by atoms with Crippen LogP contribution in [0.25, 0.3) is 22.4 Å². The second kappa shape index (κ2) is 6.68. The third-order valence-corrected chi connectivity index (χ3v) is 4.73. The van der Waals surface area contributed by atoms with Crippen molar-refractivity contribution in [3.63, 3.8) is 0 Å². The third kappa shape index (κ3) is 3.08. The fourth-order valence-corrected chi connectivity index (χ4v) is 3.28. The zero-order valence-corrected chi connectivity index (χ0v) is 14.7. The van der Waals surface area contributed by atoms with E-state index in [1.165, 1.54) is 0 Å². The summed E-state index contributed by atoms with van der Waals surface area (Å²) in [5.41, 5.74) is 3.66. The van der Waals surface area contributed by atoms with Crippen LogP contribution in [0.4, 0.5) is 12.0 Å². The van der Waals surface area contributed by atoms with Crippen molar-refractivity contribution in [2.75, 3.05) is 36.0 Å². The highest BCUT2D eigenvalue weighted by Gasteiger charge is 2.22. The second-order valence-electron chi connectivity index (χ2n) is 6.42. The normalized spacial score (nSPS) is 14.7. The van der Waals surface area contributed by atoms with E-state index in [0.717, 1.165) is 54.5 Å². The average Bonchev–Trinajstić information content (AvgIpc) is 3.19. The van der Waals surface area contributed by atoms with Gasteiger partial charge in [-0.3, -0.25) is 4.98 Å². The summed E-state index contributed by atoms with van der Waals surface area (Å²) in [4.78, 5) is 22.2. The number of piperazine rings is 1. The van der Waals surface area contributed by atoms with E-state index in [1.54, 1.807) is 12.4 Å². The van der Waals surface area contributed by atoms with Crippen molar-refractivity contribution in [2.24, 2.45) is 0 Å².